The van der Waals surface area contributed by atoms with Gasteiger partial charge in [0.15, 0.2) is 0 Å². The summed E-state index contributed by atoms with van der Waals surface area (Å²) in [6, 6.07) is 3.01. The number of aliphatic carboxylic acids is 1. The number of carboxylic acids is 1. The van der Waals surface area contributed by atoms with Gasteiger partial charge in [-0.15, -0.1) is 0 Å². The molecule has 0 aliphatic heterocycles. The molecule has 0 aromatic heterocycles. The number of rotatable bonds is 4. The number of nitrogens with one attached hydrogen (secondary N) is 2. The lowest BCUT2D eigenvalue weighted by Gasteiger charge is -2.15. The lowest BCUT2D eigenvalue weighted by Crippen LogP contribution is -2.44. The molecule has 1 saturated carbocycles. The van der Waals surface area contributed by atoms with Crippen molar-refractivity contribution in [2.75, 3.05) is 5.32 Å². The van der Waals surface area contributed by atoms with E-state index in [2.05, 4.69) is 10.6 Å². The maximum absolute atomic E-state index is 13.7. The van der Waals surface area contributed by atoms with Gasteiger partial charge in [0.1, 0.15) is 11.9 Å². The highest BCUT2D eigenvalue weighted by molar-refractivity contribution is 5.92. The van der Waals surface area contributed by atoms with E-state index in [-0.39, 0.29) is 11.6 Å². The van der Waals surface area contributed by atoms with Crippen molar-refractivity contribution in [3.05, 3.63) is 29.6 Å². The zero-order chi connectivity index (χ0) is 14.0. The number of carbonyl (C=O) groups excluding carboxylic acids is 1. The highest BCUT2D eigenvalue weighted by Crippen LogP contribution is 2.32. The summed E-state index contributed by atoms with van der Waals surface area (Å²) >= 11 is 0. The van der Waals surface area contributed by atoms with Crippen LogP contribution in [0.1, 0.15) is 18.4 Å². The van der Waals surface area contributed by atoms with Crippen LogP contribution in [0.5, 0.6) is 0 Å². The minimum absolute atomic E-state index is 0.0226. The number of hydrogen-bond donors (Lipinski definition) is 3. The van der Waals surface area contributed by atoms with Crippen molar-refractivity contribution in [1.82, 2.24) is 5.32 Å². The molecule has 1 aliphatic rings. The Morgan fingerprint density at radius 1 is 1.42 bits per heavy atom. The predicted molar refractivity (Wildman–Crippen MR) is 67.4 cm³/mol. The first-order valence-corrected chi connectivity index (χ1v) is 6.04. The van der Waals surface area contributed by atoms with Crippen molar-refractivity contribution < 1.29 is 19.1 Å². The van der Waals surface area contributed by atoms with E-state index in [1.807, 2.05) is 0 Å². The summed E-state index contributed by atoms with van der Waals surface area (Å²) in [4.78, 5) is 22.6. The maximum Gasteiger partial charge on any atom is 0.326 e. The van der Waals surface area contributed by atoms with Gasteiger partial charge in [0.2, 0.25) is 0 Å². The number of anilines is 1. The first kappa shape index (κ1) is 13.3. The summed E-state index contributed by atoms with van der Waals surface area (Å²) in [6.45, 7) is 1.59. The first-order chi connectivity index (χ1) is 8.99. The van der Waals surface area contributed by atoms with Gasteiger partial charge in [0, 0.05) is 0 Å². The van der Waals surface area contributed by atoms with Gasteiger partial charge in [-0.05, 0) is 37.3 Å². The molecular weight excluding hydrogens is 251 g/mol. The highest BCUT2D eigenvalue weighted by Gasteiger charge is 2.37. The molecule has 0 heterocycles. The molecule has 6 heteroatoms. The molecule has 0 spiro atoms. The average molecular weight is 266 g/mol. The molecule has 19 heavy (non-hydrogen) atoms. The topological polar surface area (TPSA) is 78.4 Å². The number of amides is 2. The van der Waals surface area contributed by atoms with Gasteiger partial charge in [0.05, 0.1) is 5.69 Å². The third kappa shape index (κ3) is 3.21. The lowest BCUT2D eigenvalue weighted by atomic mass is 10.2. The number of carbonyl (C=O) groups is 2. The van der Waals surface area contributed by atoms with E-state index in [0.29, 0.717) is 5.56 Å². The zero-order valence-corrected chi connectivity index (χ0v) is 10.4. The van der Waals surface area contributed by atoms with Gasteiger partial charge in [-0.1, -0.05) is 12.1 Å². The Hall–Kier alpha value is -2.11. The summed E-state index contributed by atoms with van der Waals surface area (Å²) in [5.74, 6) is -1.61. The number of benzene rings is 1. The average Bonchev–Trinajstić information content (AvgIpc) is 3.16. The molecule has 0 saturated heterocycles. The Labute approximate surface area is 109 Å². The van der Waals surface area contributed by atoms with Crippen molar-refractivity contribution in [3.63, 3.8) is 0 Å². The van der Waals surface area contributed by atoms with Crippen LogP contribution >= 0.6 is 0 Å². The summed E-state index contributed by atoms with van der Waals surface area (Å²) < 4.78 is 13.7. The minimum atomic E-state index is -1.07. The van der Waals surface area contributed by atoms with E-state index >= 15 is 0 Å². The van der Waals surface area contributed by atoms with Crippen LogP contribution in [0, 0.1) is 18.7 Å². The fourth-order valence-electron chi connectivity index (χ4n) is 1.85. The third-order valence-corrected chi connectivity index (χ3v) is 3.09. The molecule has 0 bridgehead atoms. The van der Waals surface area contributed by atoms with Gasteiger partial charge in [-0.25, -0.2) is 14.0 Å². The minimum Gasteiger partial charge on any atom is -0.480 e. The Morgan fingerprint density at radius 3 is 2.68 bits per heavy atom. The second-order valence-electron chi connectivity index (χ2n) is 4.69. The van der Waals surface area contributed by atoms with Gasteiger partial charge in [-0.3, -0.25) is 0 Å². The van der Waals surface area contributed by atoms with Crippen LogP contribution in [0.15, 0.2) is 18.2 Å². The molecule has 1 aliphatic carbocycles. The van der Waals surface area contributed by atoms with Gasteiger partial charge in [-0.2, -0.15) is 0 Å². The molecule has 0 radical (unpaired) electrons. The monoisotopic (exact) mass is 266 g/mol. The van der Waals surface area contributed by atoms with Gasteiger partial charge < -0.3 is 15.7 Å². The molecule has 102 valence electrons. The van der Waals surface area contributed by atoms with Crippen LogP contribution in [0.25, 0.3) is 0 Å². The van der Waals surface area contributed by atoms with Crippen LogP contribution in [0.4, 0.5) is 14.9 Å². The Balaban J connectivity index is 2.00. The molecular formula is C13H15FN2O3. The largest absolute Gasteiger partial charge is 0.480 e. The second kappa shape index (κ2) is 5.26. The summed E-state index contributed by atoms with van der Waals surface area (Å²) in [6.07, 6.45) is 1.58. The van der Waals surface area contributed by atoms with E-state index in [4.69, 9.17) is 5.11 Å². The quantitative estimate of drug-likeness (QED) is 0.781. The molecule has 1 atom stereocenters. The van der Waals surface area contributed by atoms with Crippen molar-refractivity contribution in [2.45, 2.75) is 25.8 Å². The third-order valence-electron chi connectivity index (χ3n) is 3.09. The lowest BCUT2D eigenvalue weighted by molar-refractivity contribution is -0.139. The van der Waals surface area contributed by atoms with Crippen LogP contribution in [0.2, 0.25) is 0 Å². The van der Waals surface area contributed by atoms with Crippen LogP contribution < -0.4 is 10.6 Å². The van der Waals surface area contributed by atoms with Crippen molar-refractivity contribution in [3.8, 4) is 0 Å². The Morgan fingerprint density at radius 2 is 2.11 bits per heavy atom. The van der Waals surface area contributed by atoms with E-state index in [9.17, 15) is 14.0 Å². The number of urea groups is 1. The predicted octanol–water partition coefficient (Wildman–Crippen LogP) is 2.12. The first-order valence-electron chi connectivity index (χ1n) is 6.04. The van der Waals surface area contributed by atoms with E-state index < -0.39 is 23.9 Å². The summed E-state index contributed by atoms with van der Waals surface area (Å²) in [5.41, 5.74) is 0.451. The maximum atomic E-state index is 13.7. The molecule has 5 nitrogen and oxygen atoms in total. The number of hydrogen-bond acceptors (Lipinski definition) is 2. The Bertz CT molecular complexity index is 515. The van der Waals surface area contributed by atoms with E-state index in [1.54, 1.807) is 19.1 Å². The fourth-order valence-corrected chi connectivity index (χ4v) is 1.85. The zero-order valence-electron chi connectivity index (χ0n) is 10.4. The second-order valence-corrected chi connectivity index (χ2v) is 4.69. The molecule has 3 N–H and O–H groups in total. The Kier molecular flexibility index (Phi) is 3.69. The SMILES string of the molecule is Cc1cccc(NC(=O)NC(C(=O)O)C2CC2)c1F. The van der Waals surface area contributed by atoms with Crippen molar-refractivity contribution in [1.29, 1.82) is 0 Å². The van der Waals surface area contributed by atoms with E-state index in [0.717, 1.165) is 12.8 Å². The number of halogens is 1. The van der Waals surface area contributed by atoms with Gasteiger partial charge >= 0.3 is 12.0 Å². The van der Waals surface area contributed by atoms with Crippen LogP contribution in [-0.4, -0.2) is 23.1 Å². The normalized spacial score (nSPS) is 15.7. The molecule has 1 aromatic carbocycles. The number of carboxylic acid groups (broad SMARTS) is 1. The van der Waals surface area contributed by atoms with Crippen molar-refractivity contribution in [2.24, 2.45) is 5.92 Å². The highest BCUT2D eigenvalue weighted by atomic mass is 19.1. The summed E-state index contributed by atoms with van der Waals surface area (Å²) in [5, 5.41) is 13.7. The van der Waals surface area contributed by atoms with Crippen LogP contribution in [-0.2, 0) is 4.79 Å². The fraction of sp³-hybridized carbons (Fsp3) is 0.385. The smallest absolute Gasteiger partial charge is 0.326 e. The molecule has 2 rings (SSSR count). The van der Waals surface area contributed by atoms with Crippen molar-refractivity contribution >= 4 is 17.7 Å². The van der Waals surface area contributed by atoms with E-state index in [1.165, 1.54) is 6.07 Å². The standard InChI is InChI=1S/C13H15FN2O3/c1-7-3-2-4-9(10(7)14)15-13(19)16-11(12(17)18)8-5-6-8/h2-4,8,11H,5-6H2,1H3,(H,17,18)(H2,15,16,19). The molecule has 1 fully saturated rings. The number of aryl methyl sites for hydroxylation is 1. The summed E-state index contributed by atoms with van der Waals surface area (Å²) in [7, 11) is 0. The molecule has 1 unspecified atom stereocenters. The van der Waals surface area contributed by atoms with Gasteiger partial charge in [0.25, 0.3) is 0 Å². The molecule has 1 aromatic rings. The van der Waals surface area contributed by atoms with Crippen LogP contribution in [0.3, 0.4) is 0 Å². The molecule has 2 amide bonds.